The summed E-state index contributed by atoms with van der Waals surface area (Å²) < 4.78 is 1.73. The van der Waals surface area contributed by atoms with E-state index in [9.17, 15) is 14.4 Å². The topological polar surface area (TPSA) is 96.3 Å². The van der Waals surface area contributed by atoms with Gasteiger partial charge in [-0.2, -0.15) is 5.10 Å². The monoisotopic (exact) mass is 567 g/mol. The average Bonchev–Trinajstić information content (AvgIpc) is 3.54. The van der Waals surface area contributed by atoms with E-state index in [1.165, 1.54) is 11.3 Å². The fraction of sp³-hybridized carbons (Fsp3) is 0.312. The van der Waals surface area contributed by atoms with Crippen LogP contribution in [0.4, 0.5) is 11.4 Å². The number of nitrogens with zero attached hydrogens (tertiary/aromatic N) is 3. The minimum absolute atomic E-state index is 0.0128. The molecule has 0 atom stereocenters. The van der Waals surface area contributed by atoms with Crippen molar-refractivity contribution >= 4 is 40.4 Å². The van der Waals surface area contributed by atoms with Crippen LogP contribution in [-0.4, -0.2) is 40.1 Å². The molecule has 0 unspecified atom stereocenters. The van der Waals surface area contributed by atoms with Gasteiger partial charge in [0.05, 0.1) is 21.8 Å². The highest BCUT2D eigenvalue weighted by Crippen LogP contribution is 2.42. The van der Waals surface area contributed by atoms with Crippen molar-refractivity contribution in [2.24, 2.45) is 0 Å². The normalized spacial score (nSPS) is 14.6. The largest absolute Gasteiger partial charge is 0.349 e. The van der Waals surface area contributed by atoms with E-state index in [1.54, 1.807) is 35.0 Å². The smallest absolute Gasteiger partial charge is 0.273 e. The molecular weight excluding hydrogens is 534 g/mol. The molecule has 8 nitrogen and oxygen atoms in total. The van der Waals surface area contributed by atoms with Gasteiger partial charge < -0.3 is 15.5 Å². The van der Waals surface area contributed by atoms with Gasteiger partial charge in [-0.1, -0.05) is 18.2 Å². The Morgan fingerprint density at radius 3 is 2.41 bits per heavy atom. The summed E-state index contributed by atoms with van der Waals surface area (Å²) in [5.41, 5.74) is 4.92. The van der Waals surface area contributed by atoms with Crippen LogP contribution in [0.5, 0.6) is 0 Å². The summed E-state index contributed by atoms with van der Waals surface area (Å²) in [6, 6.07) is 18.9. The Hall–Kier alpha value is -4.24. The lowest BCUT2D eigenvalue weighted by atomic mass is 10.1. The SMILES string of the molecule is Cc1cc(C(=O)Nc2ccc(C(=O)N3CCc4cc(C(=O)NC5CC5)sc4-c4ccccc43)cc2)n(C(C)(C)C)n1. The summed E-state index contributed by atoms with van der Waals surface area (Å²) in [6.07, 6.45) is 2.75. The molecule has 2 N–H and O–H groups in total. The van der Waals surface area contributed by atoms with Crippen LogP contribution in [0, 0.1) is 6.92 Å². The number of carbonyl (C=O) groups is 3. The van der Waals surface area contributed by atoms with Gasteiger partial charge in [-0.3, -0.25) is 19.1 Å². The van der Waals surface area contributed by atoms with Crippen molar-refractivity contribution in [3.8, 4) is 10.4 Å². The number of hydrogen-bond donors (Lipinski definition) is 2. The second kappa shape index (κ2) is 10.3. The average molecular weight is 568 g/mol. The van der Waals surface area contributed by atoms with Crippen LogP contribution in [0.1, 0.15) is 75.4 Å². The van der Waals surface area contributed by atoms with Crippen molar-refractivity contribution in [3.63, 3.8) is 0 Å². The van der Waals surface area contributed by atoms with E-state index in [4.69, 9.17) is 0 Å². The molecule has 3 heterocycles. The quantitative estimate of drug-likeness (QED) is 0.308. The molecule has 1 fully saturated rings. The summed E-state index contributed by atoms with van der Waals surface area (Å²) in [6.45, 7) is 8.37. The molecule has 9 heteroatoms. The van der Waals surface area contributed by atoms with Crippen molar-refractivity contribution in [2.75, 3.05) is 16.8 Å². The molecular formula is C32H33N5O3S. The standard InChI is InChI=1S/C32H33N5O3S/c1-19-17-26(37(35-19)32(2,3)4)29(38)33-22-11-9-20(10-12-22)31(40)36-16-15-21-18-27(30(39)34-23-13-14-23)41-28(21)24-7-5-6-8-25(24)36/h5-12,17-18,23H,13-16H2,1-4H3,(H,33,38)(H,34,39). The number of benzene rings is 2. The predicted molar refractivity (Wildman–Crippen MR) is 162 cm³/mol. The predicted octanol–water partition coefficient (Wildman–Crippen LogP) is 6.02. The second-order valence-electron chi connectivity index (χ2n) is 11.7. The molecule has 2 aromatic carbocycles. The highest BCUT2D eigenvalue weighted by molar-refractivity contribution is 7.17. The Kier molecular flexibility index (Phi) is 6.77. The minimum Gasteiger partial charge on any atom is -0.349 e. The molecule has 0 spiro atoms. The van der Waals surface area contributed by atoms with Crippen LogP contribution >= 0.6 is 11.3 Å². The molecule has 1 aliphatic heterocycles. The number of aromatic nitrogens is 2. The number of nitrogens with one attached hydrogen (secondary N) is 2. The number of carbonyl (C=O) groups excluding carboxylic acids is 3. The van der Waals surface area contributed by atoms with Gasteiger partial charge in [0.2, 0.25) is 0 Å². The zero-order chi connectivity index (χ0) is 28.9. The Bertz CT molecular complexity index is 1660. The molecule has 1 aliphatic carbocycles. The van der Waals surface area contributed by atoms with Crippen molar-refractivity contribution in [2.45, 2.75) is 58.5 Å². The molecule has 0 saturated heterocycles. The van der Waals surface area contributed by atoms with Crippen LogP contribution in [-0.2, 0) is 12.0 Å². The summed E-state index contributed by atoms with van der Waals surface area (Å²) in [5, 5.41) is 10.5. The first kappa shape index (κ1) is 27.0. The van der Waals surface area contributed by atoms with Gasteiger partial charge in [-0.15, -0.1) is 11.3 Å². The van der Waals surface area contributed by atoms with Crippen LogP contribution in [0.2, 0.25) is 0 Å². The van der Waals surface area contributed by atoms with E-state index < -0.39 is 0 Å². The zero-order valence-corrected chi connectivity index (χ0v) is 24.5. The molecule has 4 aromatic rings. The van der Waals surface area contributed by atoms with E-state index in [2.05, 4.69) is 15.7 Å². The molecule has 1 saturated carbocycles. The number of thiophene rings is 1. The lowest BCUT2D eigenvalue weighted by Crippen LogP contribution is -2.32. The first-order chi connectivity index (χ1) is 19.6. The molecule has 210 valence electrons. The van der Waals surface area contributed by atoms with Crippen molar-refractivity contribution in [1.82, 2.24) is 15.1 Å². The van der Waals surface area contributed by atoms with Gasteiger partial charge in [0.25, 0.3) is 17.7 Å². The molecule has 0 bridgehead atoms. The summed E-state index contributed by atoms with van der Waals surface area (Å²) in [7, 11) is 0. The number of anilines is 2. The van der Waals surface area contributed by atoms with Gasteiger partial charge in [-0.05, 0) is 95.0 Å². The number of hydrogen-bond acceptors (Lipinski definition) is 5. The van der Waals surface area contributed by atoms with Gasteiger partial charge in [0, 0.05) is 34.3 Å². The second-order valence-corrected chi connectivity index (χ2v) is 12.8. The lowest BCUT2D eigenvalue weighted by molar-refractivity contribution is 0.0952. The molecule has 3 amide bonds. The zero-order valence-electron chi connectivity index (χ0n) is 23.7. The first-order valence-corrected chi connectivity index (χ1v) is 14.7. The lowest BCUT2D eigenvalue weighted by Gasteiger charge is -2.23. The number of rotatable bonds is 5. The van der Waals surface area contributed by atoms with E-state index >= 15 is 0 Å². The van der Waals surface area contributed by atoms with E-state index in [1.807, 2.05) is 62.9 Å². The third-order valence-electron chi connectivity index (χ3n) is 7.32. The van der Waals surface area contributed by atoms with Gasteiger partial charge in [-0.25, -0.2) is 0 Å². The minimum atomic E-state index is -0.339. The fourth-order valence-corrected chi connectivity index (χ4v) is 6.27. The van der Waals surface area contributed by atoms with Gasteiger partial charge in [0.15, 0.2) is 0 Å². The molecule has 6 rings (SSSR count). The van der Waals surface area contributed by atoms with E-state index in [0.717, 1.165) is 45.1 Å². The molecule has 41 heavy (non-hydrogen) atoms. The van der Waals surface area contributed by atoms with Crippen LogP contribution in [0.3, 0.4) is 0 Å². The summed E-state index contributed by atoms with van der Waals surface area (Å²) >= 11 is 1.49. The number of aryl methyl sites for hydroxylation is 1. The summed E-state index contributed by atoms with van der Waals surface area (Å²) in [4.78, 5) is 43.1. The highest BCUT2D eigenvalue weighted by atomic mass is 32.1. The molecule has 2 aromatic heterocycles. The third-order valence-corrected chi connectivity index (χ3v) is 8.53. The van der Waals surface area contributed by atoms with Crippen LogP contribution < -0.4 is 15.5 Å². The van der Waals surface area contributed by atoms with E-state index in [0.29, 0.717) is 36.0 Å². The Morgan fingerprint density at radius 2 is 1.71 bits per heavy atom. The van der Waals surface area contributed by atoms with Crippen molar-refractivity contribution in [1.29, 1.82) is 0 Å². The number of amides is 3. The number of fused-ring (bicyclic) bond motifs is 3. The summed E-state index contributed by atoms with van der Waals surface area (Å²) in [5.74, 6) is -0.378. The van der Waals surface area contributed by atoms with Gasteiger partial charge in [0.1, 0.15) is 5.69 Å². The van der Waals surface area contributed by atoms with Crippen LogP contribution in [0.15, 0.2) is 60.7 Å². The highest BCUT2D eigenvalue weighted by Gasteiger charge is 2.29. The maximum atomic E-state index is 13.8. The van der Waals surface area contributed by atoms with Crippen molar-refractivity contribution < 1.29 is 14.4 Å². The van der Waals surface area contributed by atoms with Crippen molar-refractivity contribution in [3.05, 3.63) is 88.1 Å². The Labute approximate surface area is 243 Å². The molecule has 2 aliphatic rings. The maximum Gasteiger partial charge on any atom is 0.273 e. The van der Waals surface area contributed by atoms with Gasteiger partial charge >= 0.3 is 0 Å². The fourth-order valence-electron chi connectivity index (χ4n) is 5.12. The molecule has 0 radical (unpaired) electrons. The number of para-hydroxylation sites is 1. The van der Waals surface area contributed by atoms with Crippen LogP contribution in [0.25, 0.3) is 10.4 Å². The Morgan fingerprint density at radius 1 is 0.976 bits per heavy atom. The van der Waals surface area contributed by atoms with E-state index in [-0.39, 0.29) is 23.3 Å². The first-order valence-electron chi connectivity index (χ1n) is 13.9. The third kappa shape index (κ3) is 5.41. The Balaban J connectivity index is 1.21. The maximum absolute atomic E-state index is 13.8.